The van der Waals surface area contributed by atoms with Crippen LogP contribution in [0.25, 0.3) is 0 Å². The Morgan fingerprint density at radius 3 is 2.47 bits per heavy atom. The molecule has 1 N–H and O–H groups in total. The Kier molecular flexibility index (Phi) is 10.3. The van der Waals surface area contributed by atoms with Crippen molar-refractivity contribution in [2.24, 2.45) is 11.8 Å². The second-order valence-electron chi connectivity index (χ2n) is 5.23. The fourth-order valence-electron chi connectivity index (χ4n) is 1.47. The lowest BCUT2D eigenvalue weighted by molar-refractivity contribution is 0.125. The second-order valence-corrected chi connectivity index (χ2v) is 5.23. The zero-order valence-electron chi connectivity index (χ0n) is 12.2. The van der Waals surface area contributed by atoms with Crippen LogP contribution in [-0.4, -0.2) is 19.8 Å². The van der Waals surface area contributed by atoms with E-state index >= 15 is 0 Å². The fraction of sp³-hybridized carbons (Fsp3) is 0.867. The van der Waals surface area contributed by atoms with Gasteiger partial charge in [0.2, 0.25) is 0 Å². The van der Waals surface area contributed by atoms with Crippen LogP contribution >= 0.6 is 0 Å². The fourth-order valence-corrected chi connectivity index (χ4v) is 1.47. The molecule has 0 spiro atoms. The van der Waals surface area contributed by atoms with Gasteiger partial charge in [-0.3, -0.25) is 0 Å². The highest BCUT2D eigenvalue weighted by molar-refractivity contribution is 4.93. The summed E-state index contributed by atoms with van der Waals surface area (Å²) in [7, 11) is 0. The van der Waals surface area contributed by atoms with Gasteiger partial charge in [0, 0.05) is 26.9 Å². The summed E-state index contributed by atoms with van der Waals surface area (Å²) >= 11 is 0. The molecule has 17 heavy (non-hydrogen) atoms. The minimum absolute atomic E-state index is 0. The Hall–Kier alpha value is -0.500. The van der Waals surface area contributed by atoms with Crippen LogP contribution in [-0.2, 0) is 4.74 Å². The van der Waals surface area contributed by atoms with Gasteiger partial charge in [0.25, 0.3) is 0 Å². The van der Waals surface area contributed by atoms with E-state index in [-0.39, 0.29) is 1.43 Å². The zero-order chi connectivity index (χ0) is 13.1. The minimum Gasteiger partial charge on any atom is -0.389 e. The normalized spacial score (nSPS) is 12.8. The van der Waals surface area contributed by atoms with Gasteiger partial charge in [-0.25, -0.2) is 0 Å². The van der Waals surface area contributed by atoms with Gasteiger partial charge in [0.15, 0.2) is 0 Å². The molecule has 0 bridgehead atoms. The Bertz CT molecular complexity index is 195. The number of hydrogen-bond donors (Lipinski definition) is 1. The van der Waals surface area contributed by atoms with Crippen molar-refractivity contribution in [3.63, 3.8) is 0 Å². The quantitative estimate of drug-likeness (QED) is 0.548. The van der Waals surface area contributed by atoms with Gasteiger partial charge in [-0.05, 0) is 31.1 Å². The first kappa shape index (κ1) is 16.5. The van der Waals surface area contributed by atoms with E-state index in [4.69, 9.17) is 4.74 Å². The molecule has 0 heterocycles. The van der Waals surface area contributed by atoms with E-state index in [2.05, 4.69) is 39.6 Å². The average Bonchev–Trinajstić information content (AvgIpc) is 2.31. The summed E-state index contributed by atoms with van der Waals surface area (Å²) in [5.41, 5.74) is 1.13. The van der Waals surface area contributed by atoms with Gasteiger partial charge in [-0.15, -0.1) is 0 Å². The molecular weight excluding hydrogens is 210 g/mol. The minimum atomic E-state index is 0. The van der Waals surface area contributed by atoms with Gasteiger partial charge in [0.05, 0.1) is 0 Å². The third kappa shape index (κ3) is 10.4. The van der Waals surface area contributed by atoms with Crippen molar-refractivity contribution in [1.82, 2.24) is 5.32 Å². The number of rotatable bonds is 11. The third-order valence-corrected chi connectivity index (χ3v) is 3.20. The Balaban J connectivity index is 0. The number of nitrogens with one attached hydrogen (secondary N) is 1. The van der Waals surface area contributed by atoms with Crippen LogP contribution in [0, 0.1) is 11.8 Å². The van der Waals surface area contributed by atoms with Crippen molar-refractivity contribution >= 4 is 0 Å². The molecule has 0 rings (SSSR count). The van der Waals surface area contributed by atoms with Crippen LogP contribution in [0.1, 0.15) is 54.8 Å². The maximum Gasteiger partial charge on any atom is 0.0482 e. The van der Waals surface area contributed by atoms with E-state index in [1.807, 2.05) is 0 Å². The van der Waals surface area contributed by atoms with Crippen molar-refractivity contribution < 1.29 is 6.16 Å². The highest BCUT2D eigenvalue weighted by Crippen LogP contribution is 2.08. The highest BCUT2D eigenvalue weighted by atomic mass is 16.5. The van der Waals surface area contributed by atoms with Gasteiger partial charge >= 0.3 is 0 Å². The molecule has 0 saturated heterocycles. The Morgan fingerprint density at radius 1 is 1.24 bits per heavy atom. The van der Waals surface area contributed by atoms with Crippen molar-refractivity contribution in [2.45, 2.75) is 53.4 Å². The summed E-state index contributed by atoms with van der Waals surface area (Å²) in [6.45, 7) is 15.6. The van der Waals surface area contributed by atoms with Gasteiger partial charge in [0.1, 0.15) is 0 Å². The first-order valence-corrected chi connectivity index (χ1v) is 7.08. The maximum absolute atomic E-state index is 5.60. The van der Waals surface area contributed by atoms with Crippen molar-refractivity contribution in [3.8, 4) is 0 Å². The van der Waals surface area contributed by atoms with Crippen LogP contribution in [0.4, 0.5) is 0 Å². The molecule has 0 aliphatic heterocycles. The average molecular weight is 243 g/mol. The van der Waals surface area contributed by atoms with E-state index in [9.17, 15) is 0 Å². The Labute approximate surface area is 109 Å². The molecule has 0 aromatic carbocycles. The van der Waals surface area contributed by atoms with Crippen LogP contribution in [0.3, 0.4) is 0 Å². The third-order valence-electron chi connectivity index (χ3n) is 3.20. The van der Waals surface area contributed by atoms with E-state index < -0.39 is 0 Å². The second kappa shape index (κ2) is 10.6. The smallest absolute Gasteiger partial charge is 0.0482 e. The lowest BCUT2D eigenvalue weighted by Crippen LogP contribution is -2.19. The lowest BCUT2D eigenvalue weighted by Gasteiger charge is -2.12. The van der Waals surface area contributed by atoms with Crippen LogP contribution < -0.4 is 5.32 Å². The SMILES string of the molecule is C=C(NCCCOCCCC(C)CC)C(C)C.[HH]. The first-order chi connectivity index (χ1) is 8.07. The van der Waals surface area contributed by atoms with Crippen molar-refractivity contribution in [3.05, 3.63) is 12.3 Å². The molecule has 0 aromatic rings. The lowest BCUT2D eigenvalue weighted by atomic mass is 10.0. The van der Waals surface area contributed by atoms with Crippen LogP contribution in [0.2, 0.25) is 0 Å². The summed E-state index contributed by atoms with van der Waals surface area (Å²) in [6, 6.07) is 0. The number of allylic oxidation sites excluding steroid dienone is 1. The van der Waals surface area contributed by atoms with Gasteiger partial charge < -0.3 is 10.1 Å². The van der Waals surface area contributed by atoms with Gasteiger partial charge in [-0.2, -0.15) is 0 Å². The van der Waals surface area contributed by atoms with E-state index in [1.165, 1.54) is 19.3 Å². The predicted octanol–water partition coefficient (Wildman–Crippen LogP) is 4.22. The topological polar surface area (TPSA) is 21.3 Å². The summed E-state index contributed by atoms with van der Waals surface area (Å²) < 4.78 is 5.60. The standard InChI is InChI=1S/C15H31NO.H2/c1-6-14(4)9-7-11-17-12-8-10-16-15(5)13(2)3;/h13-14,16H,5-12H2,1-4H3;1H. The van der Waals surface area contributed by atoms with E-state index in [0.717, 1.165) is 37.8 Å². The molecule has 104 valence electrons. The van der Waals surface area contributed by atoms with Crippen molar-refractivity contribution in [2.75, 3.05) is 19.8 Å². The molecule has 2 heteroatoms. The zero-order valence-corrected chi connectivity index (χ0v) is 12.2. The monoisotopic (exact) mass is 243 g/mol. The maximum atomic E-state index is 5.60. The highest BCUT2D eigenvalue weighted by Gasteiger charge is 1.99. The summed E-state index contributed by atoms with van der Waals surface area (Å²) in [5, 5.41) is 3.33. The molecule has 0 amide bonds. The molecule has 0 radical (unpaired) electrons. The molecule has 0 saturated carbocycles. The molecule has 1 unspecified atom stereocenters. The summed E-state index contributed by atoms with van der Waals surface area (Å²) in [4.78, 5) is 0. The molecule has 0 aromatic heterocycles. The van der Waals surface area contributed by atoms with Crippen LogP contribution in [0.15, 0.2) is 12.3 Å². The molecule has 1 atom stereocenters. The molecular formula is C15H33NO. The summed E-state index contributed by atoms with van der Waals surface area (Å²) in [6.07, 6.45) is 4.83. The molecule has 0 aliphatic carbocycles. The first-order valence-electron chi connectivity index (χ1n) is 7.08. The van der Waals surface area contributed by atoms with Crippen molar-refractivity contribution in [1.29, 1.82) is 0 Å². The number of hydrogen-bond acceptors (Lipinski definition) is 2. The van der Waals surface area contributed by atoms with Crippen LogP contribution in [0.5, 0.6) is 0 Å². The molecule has 0 aliphatic rings. The van der Waals surface area contributed by atoms with E-state index in [0.29, 0.717) is 5.92 Å². The predicted molar refractivity (Wildman–Crippen MR) is 78.2 cm³/mol. The van der Waals surface area contributed by atoms with E-state index in [1.54, 1.807) is 0 Å². The Morgan fingerprint density at radius 2 is 1.88 bits per heavy atom. The molecule has 0 fully saturated rings. The largest absolute Gasteiger partial charge is 0.389 e. The number of ether oxygens (including phenoxy) is 1. The summed E-state index contributed by atoms with van der Waals surface area (Å²) in [5.74, 6) is 1.36. The molecule has 2 nitrogen and oxygen atoms in total. The van der Waals surface area contributed by atoms with Gasteiger partial charge in [-0.1, -0.05) is 40.7 Å².